The second kappa shape index (κ2) is 11.3. The molecule has 1 aromatic heterocycles. The van der Waals surface area contributed by atoms with Crippen molar-refractivity contribution < 1.29 is 32.7 Å². The summed E-state index contributed by atoms with van der Waals surface area (Å²) >= 11 is 0. The molecular weight excluding hydrogens is 459 g/mol. The molecule has 0 spiro atoms. The molecule has 10 heteroatoms. The van der Waals surface area contributed by atoms with Crippen LogP contribution >= 0.6 is 0 Å². The number of hydrogen-bond donors (Lipinski definition) is 2. The fourth-order valence-electron chi connectivity index (χ4n) is 3.69. The molecule has 2 atom stereocenters. The van der Waals surface area contributed by atoms with Gasteiger partial charge < -0.3 is 24.5 Å². The number of carbonyl (C=O) groups is 3. The van der Waals surface area contributed by atoms with Crippen molar-refractivity contribution in [3.63, 3.8) is 0 Å². The van der Waals surface area contributed by atoms with E-state index in [2.05, 4.69) is 10.6 Å². The zero-order valence-electron chi connectivity index (χ0n) is 19.4. The van der Waals surface area contributed by atoms with Gasteiger partial charge in [-0.2, -0.15) is 0 Å². The Morgan fingerprint density at radius 1 is 1.00 bits per heavy atom. The molecule has 0 unspecified atom stereocenters. The third-order valence-electron chi connectivity index (χ3n) is 5.29. The summed E-state index contributed by atoms with van der Waals surface area (Å²) in [7, 11) is 2.64. The molecule has 0 aliphatic rings. The van der Waals surface area contributed by atoms with Crippen molar-refractivity contribution in [3.8, 4) is 5.75 Å². The molecule has 3 aromatic rings. The van der Waals surface area contributed by atoms with Gasteiger partial charge in [-0.1, -0.05) is 12.1 Å². The first-order valence-electron chi connectivity index (χ1n) is 10.7. The molecule has 9 nitrogen and oxygen atoms in total. The summed E-state index contributed by atoms with van der Waals surface area (Å²) in [5, 5.41) is 5.65. The van der Waals surface area contributed by atoms with Crippen molar-refractivity contribution in [3.05, 3.63) is 75.9 Å². The largest absolute Gasteiger partial charge is 0.497 e. The lowest BCUT2D eigenvalue weighted by Crippen LogP contribution is -2.53. The standard InChI is InChI=1S/C25H25FN2O7/c1-14(29)27-20(10-15-5-4-6-17(26)9-15)24(31)28-21(25(32)34-3)11-16-12-23(30)35-22-13-18(33-2)7-8-19(16)22/h4-9,12-13,20-21H,10-11H2,1-3H3,(H,27,29)(H,28,31)/t20-,21+/m0/s1. The predicted octanol–water partition coefficient (Wildman–Crippen LogP) is 1.89. The van der Waals surface area contributed by atoms with Gasteiger partial charge in [0, 0.05) is 37.3 Å². The quantitative estimate of drug-likeness (QED) is 0.351. The van der Waals surface area contributed by atoms with Crippen LogP contribution in [0.25, 0.3) is 11.0 Å². The average molecular weight is 484 g/mol. The third-order valence-corrected chi connectivity index (χ3v) is 5.29. The van der Waals surface area contributed by atoms with Crippen LogP contribution < -0.4 is 21.0 Å². The predicted molar refractivity (Wildman–Crippen MR) is 124 cm³/mol. The summed E-state index contributed by atoms with van der Waals surface area (Å²) in [5.41, 5.74) is 0.534. The van der Waals surface area contributed by atoms with E-state index < -0.39 is 41.3 Å². The minimum absolute atomic E-state index is 0.00524. The Balaban J connectivity index is 1.89. The summed E-state index contributed by atoms with van der Waals surface area (Å²) in [6.07, 6.45) is -0.0890. The summed E-state index contributed by atoms with van der Waals surface area (Å²) < 4.78 is 28.8. The van der Waals surface area contributed by atoms with Gasteiger partial charge in [-0.3, -0.25) is 9.59 Å². The van der Waals surface area contributed by atoms with Gasteiger partial charge in [0.15, 0.2) is 0 Å². The van der Waals surface area contributed by atoms with Crippen molar-refractivity contribution in [2.45, 2.75) is 31.8 Å². The van der Waals surface area contributed by atoms with E-state index in [9.17, 15) is 23.6 Å². The number of nitrogens with one attached hydrogen (secondary N) is 2. The highest BCUT2D eigenvalue weighted by Gasteiger charge is 2.28. The molecule has 184 valence electrons. The zero-order chi connectivity index (χ0) is 25.5. The molecule has 1 heterocycles. The highest BCUT2D eigenvalue weighted by Crippen LogP contribution is 2.23. The monoisotopic (exact) mass is 484 g/mol. The lowest BCUT2D eigenvalue weighted by molar-refractivity contribution is -0.145. The summed E-state index contributed by atoms with van der Waals surface area (Å²) in [6.45, 7) is 1.24. The Kier molecular flexibility index (Phi) is 8.19. The Bertz CT molecular complexity index is 1300. The van der Waals surface area contributed by atoms with Crippen LogP contribution in [0.1, 0.15) is 18.1 Å². The molecular formula is C25H25FN2O7. The Morgan fingerprint density at radius 2 is 1.77 bits per heavy atom. The molecule has 35 heavy (non-hydrogen) atoms. The van der Waals surface area contributed by atoms with E-state index in [1.54, 1.807) is 18.2 Å². The van der Waals surface area contributed by atoms with E-state index in [-0.39, 0.29) is 18.4 Å². The van der Waals surface area contributed by atoms with Crippen molar-refractivity contribution in [2.24, 2.45) is 0 Å². The average Bonchev–Trinajstić information content (AvgIpc) is 2.81. The van der Waals surface area contributed by atoms with Crippen LogP contribution in [0.3, 0.4) is 0 Å². The number of esters is 1. The van der Waals surface area contributed by atoms with E-state index in [4.69, 9.17) is 13.9 Å². The van der Waals surface area contributed by atoms with Crippen molar-refractivity contribution in [2.75, 3.05) is 14.2 Å². The maximum atomic E-state index is 13.6. The molecule has 0 saturated heterocycles. The number of hydrogen-bond acceptors (Lipinski definition) is 7. The Morgan fingerprint density at radius 3 is 2.43 bits per heavy atom. The van der Waals surface area contributed by atoms with Gasteiger partial charge in [0.05, 0.1) is 14.2 Å². The number of fused-ring (bicyclic) bond motifs is 1. The summed E-state index contributed by atoms with van der Waals surface area (Å²) in [5.74, 6) is -1.90. The molecule has 2 aromatic carbocycles. The third kappa shape index (κ3) is 6.66. The van der Waals surface area contributed by atoms with Crippen LogP contribution in [0.2, 0.25) is 0 Å². The molecule has 0 aliphatic heterocycles. The van der Waals surface area contributed by atoms with Gasteiger partial charge in [0.2, 0.25) is 11.8 Å². The summed E-state index contributed by atoms with van der Waals surface area (Å²) in [4.78, 5) is 49.4. The van der Waals surface area contributed by atoms with Crippen LogP contribution in [0.5, 0.6) is 5.75 Å². The number of benzene rings is 2. The van der Waals surface area contributed by atoms with Gasteiger partial charge in [0.1, 0.15) is 29.2 Å². The van der Waals surface area contributed by atoms with Crippen LogP contribution in [0.15, 0.2) is 57.7 Å². The van der Waals surface area contributed by atoms with Gasteiger partial charge >= 0.3 is 11.6 Å². The highest BCUT2D eigenvalue weighted by molar-refractivity contribution is 5.91. The molecule has 0 radical (unpaired) electrons. The van der Waals surface area contributed by atoms with Crippen molar-refractivity contribution in [1.82, 2.24) is 10.6 Å². The van der Waals surface area contributed by atoms with Crippen LogP contribution in [0, 0.1) is 5.82 Å². The van der Waals surface area contributed by atoms with Crippen molar-refractivity contribution >= 4 is 28.8 Å². The van der Waals surface area contributed by atoms with Crippen LogP contribution in [-0.4, -0.2) is 44.1 Å². The smallest absolute Gasteiger partial charge is 0.336 e. The summed E-state index contributed by atoms with van der Waals surface area (Å²) in [6, 6.07) is 9.48. The topological polar surface area (TPSA) is 124 Å². The molecule has 0 bridgehead atoms. The second-order valence-electron chi connectivity index (χ2n) is 7.83. The minimum Gasteiger partial charge on any atom is -0.497 e. The fourth-order valence-corrected chi connectivity index (χ4v) is 3.69. The van der Waals surface area contributed by atoms with Crippen LogP contribution in [-0.2, 0) is 32.0 Å². The van der Waals surface area contributed by atoms with E-state index >= 15 is 0 Å². The van der Waals surface area contributed by atoms with Gasteiger partial charge in [-0.25, -0.2) is 14.0 Å². The normalized spacial score (nSPS) is 12.5. The molecule has 0 fully saturated rings. The van der Waals surface area contributed by atoms with Gasteiger partial charge in [-0.15, -0.1) is 0 Å². The first-order chi connectivity index (χ1) is 16.7. The molecule has 0 saturated carbocycles. The van der Waals surface area contributed by atoms with Gasteiger partial charge in [-0.05, 0) is 35.4 Å². The van der Waals surface area contributed by atoms with E-state index in [1.165, 1.54) is 51.5 Å². The van der Waals surface area contributed by atoms with Gasteiger partial charge in [0.25, 0.3) is 0 Å². The second-order valence-corrected chi connectivity index (χ2v) is 7.83. The maximum Gasteiger partial charge on any atom is 0.336 e. The highest BCUT2D eigenvalue weighted by atomic mass is 19.1. The lowest BCUT2D eigenvalue weighted by Gasteiger charge is -2.22. The Labute approximate surface area is 200 Å². The van der Waals surface area contributed by atoms with E-state index in [1.807, 2.05) is 0 Å². The van der Waals surface area contributed by atoms with Crippen molar-refractivity contribution in [1.29, 1.82) is 0 Å². The Hall–Kier alpha value is -4.21. The SMILES string of the molecule is COC(=O)[C@@H](Cc1cc(=O)oc2cc(OC)ccc12)NC(=O)[C@H](Cc1cccc(F)c1)NC(C)=O. The van der Waals surface area contributed by atoms with Crippen LogP contribution in [0.4, 0.5) is 4.39 Å². The molecule has 2 amide bonds. The fraction of sp³-hybridized carbons (Fsp3) is 0.280. The molecule has 2 N–H and O–H groups in total. The number of amides is 2. The first-order valence-corrected chi connectivity index (χ1v) is 10.7. The van der Waals surface area contributed by atoms with E-state index in [0.29, 0.717) is 22.3 Å². The number of methoxy groups -OCH3 is 2. The molecule has 3 rings (SSSR count). The number of halogens is 1. The maximum absolute atomic E-state index is 13.6. The number of rotatable bonds is 9. The number of ether oxygens (including phenoxy) is 2. The zero-order valence-corrected chi connectivity index (χ0v) is 19.4. The number of carbonyl (C=O) groups excluding carboxylic acids is 3. The lowest BCUT2D eigenvalue weighted by atomic mass is 10.0. The van der Waals surface area contributed by atoms with E-state index in [0.717, 1.165) is 0 Å². The first kappa shape index (κ1) is 25.4. The molecule has 0 aliphatic carbocycles. The minimum atomic E-state index is -1.18.